The molecule has 0 amide bonds. The number of hydrogen-bond donors (Lipinski definition) is 2. The molecule has 2 heterocycles. The van der Waals surface area contributed by atoms with Crippen molar-refractivity contribution in [3.05, 3.63) is 51.4 Å². The number of rotatable bonds is 4. The summed E-state index contributed by atoms with van der Waals surface area (Å²) in [6.45, 7) is 0.326. The first-order chi connectivity index (χ1) is 10.2. The molecule has 3 N–H and O–H groups in total. The number of nitrogens with zero attached hydrogens (tertiary/aromatic N) is 1. The van der Waals surface area contributed by atoms with Gasteiger partial charge in [0.15, 0.2) is 5.75 Å². The van der Waals surface area contributed by atoms with Gasteiger partial charge in [0.1, 0.15) is 12.2 Å². The van der Waals surface area contributed by atoms with Crippen LogP contribution in [0, 0.1) is 0 Å². The highest BCUT2D eigenvalue weighted by molar-refractivity contribution is 7.16. The van der Waals surface area contributed by atoms with Crippen LogP contribution in [0.2, 0.25) is 4.34 Å². The highest BCUT2D eigenvalue weighted by atomic mass is 35.5. The van der Waals surface area contributed by atoms with Crippen LogP contribution in [0.25, 0.3) is 11.0 Å². The van der Waals surface area contributed by atoms with Gasteiger partial charge in [-0.2, -0.15) is 0 Å². The number of halogens is 1. The fourth-order valence-corrected chi connectivity index (χ4v) is 2.95. The number of para-hydroxylation sites is 1. The molecule has 3 aromatic rings. The van der Waals surface area contributed by atoms with E-state index in [0.29, 0.717) is 22.3 Å². The third kappa shape index (κ3) is 2.68. The van der Waals surface area contributed by atoms with E-state index < -0.39 is 0 Å². The van der Waals surface area contributed by atoms with Crippen molar-refractivity contribution < 1.29 is 14.4 Å². The zero-order valence-corrected chi connectivity index (χ0v) is 12.3. The fraction of sp³-hybridized carbons (Fsp3) is 0.0714. The summed E-state index contributed by atoms with van der Waals surface area (Å²) in [7, 11) is 0. The molecule has 0 aliphatic rings. The van der Waals surface area contributed by atoms with Crippen molar-refractivity contribution in [1.82, 2.24) is 0 Å². The first kappa shape index (κ1) is 13.8. The Balaban J connectivity index is 1.98. The SMILES string of the molecule is N/C(=N/O)c1oc2ccccc2c1OCc1ccc(Cl)s1. The predicted molar refractivity (Wildman–Crippen MR) is 82.4 cm³/mol. The first-order valence-electron chi connectivity index (χ1n) is 6.05. The monoisotopic (exact) mass is 322 g/mol. The van der Waals surface area contributed by atoms with Crippen molar-refractivity contribution >= 4 is 39.7 Å². The van der Waals surface area contributed by atoms with E-state index in [1.165, 1.54) is 11.3 Å². The Morgan fingerprint density at radius 1 is 1.33 bits per heavy atom. The first-order valence-corrected chi connectivity index (χ1v) is 7.25. The molecule has 0 spiro atoms. The molecule has 108 valence electrons. The number of ether oxygens (including phenoxy) is 1. The average Bonchev–Trinajstić information content (AvgIpc) is 3.07. The van der Waals surface area contributed by atoms with Crippen molar-refractivity contribution in [3.8, 4) is 5.75 Å². The summed E-state index contributed by atoms with van der Waals surface area (Å²) in [6.07, 6.45) is 0. The average molecular weight is 323 g/mol. The second kappa shape index (κ2) is 5.67. The van der Waals surface area contributed by atoms with Crippen LogP contribution in [-0.4, -0.2) is 11.0 Å². The van der Waals surface area contributed by atoms with Crippen LogP contribution in [0.15, 0.2) is 46.0 Å². The van der Waals surface area contributed by atoms with Crippen molar-refractivity contribution in [2.24, 2.45) is 10.9 Å². The van der Waals surface area contributed by atoms with Crippen molar-refractivity contribution in [3.63, 3.8) is 0 Å². The number of thiophene rings is 1. The minimum absolute atomic E-state index is 0.134. The van der Waals surface area contributed by atoms with E-state index in [1.54, 1.807) is 6.07 Å². The maximum Gasteiger partial charge on any atom is 0.215 e. The highest BCUT2D eigenvalue weighted by Gasteiger charge is 2.19. The van der Waals surface area contributed by atoms with Crippen LogP contribution in [0.1, 0.15) is 10.6 Å². The predicted octanol–water partition coefficient (Wildman–Crippen LogP) is 3.82. The minimum Gasteiger partial charge on any atom is -0.483 e. The standard InChI is InChI=1S/C14H11ClN2O3S/c15-11-6-5-8(21-11)7-19-12-9-3-1-2-4-10(9)20-13(12)14(16)17-18/h1-6,18H,7H2,(H2,16,17). The number of oxime groups is 1. The van der Waals surface area contributed by atoms with Gasteiger partial charge in [-0.15, -0.1) is 11.3 Å². The van der Waals surface area contributed by atoms with Crippen molar-refractivity contribution in [2.75, 3.05) is 0 Å². The van der Waals surface area contributed by atoms with E-state index in [1.807, 2.05) is 30.3 Å². The molecule has 3 rings (SSSR count). The molecule has 7 heteroatoms. The molecule has 0 bridgehead atoms. The summed E-state index contributed by atoms with van der Waals surface area (Å²) in [5, 5.41) is 12.6. The van der Waals surface area contributed by atoms with Gasteiger partial charge < -0.3 is 20.1 Å². The summed E-state index contributed by atoms with van der Waals surface area (Å²) >= 11 is 7.33. The number of furan rings is 1. The quantitative estimate of drug-likeness (QED) is 0.331. The summed E-state index contributed by atoms with van der Waals surface area (Å²) < 4.78 is 12.1. The molecule has 0 aliphatic heterocycles. The second-order valence-electron chi connectivity index (χ2n) is 4.24. The third-order valence-electron chi connectivity index (χ3n) is 2.88. The van der Waals surface area contributed by atoms with Gasteiger partial charge in [-0.3, -0.25) is 0 Å². The van der Waals surface area contributed by atoms with Gasteiger partial charge in [0.05, 0.1) is 9.72 Å². The molecule has 0 unspecified atom stereocenters. The molecule has 0 atom stereocenters. The summed E-state index contributed by atoms with van der Waals surface area (Å²) in [6, 6.07) is 11.0. The number of hydrogen-bond acceptors (Lipinski definition) is 5. The topological polar surface area (TPSA) is 81.0 Å². The summed E-state index contributed by atoms with van der Waals surface area (Å²) in [4.78, 5) is 0.968. The maximum absolute atomic E-state index is 8.86. The Bertz CT molecular complexity index is 810. The number of benzene rings is 1. The van der Waals surface area contributed by atoms with E-state index >= 15 is 0 Å². The molecule has 1 aromatic carbocycles. The molecule has 0 aliphatic carbocycles. The lowest BCUT2D eigenvalue weighted by Gasteiger charge is -2.04. The van der Waals surface area contributed by atoms with Crippen LogP contribution in [0.4, 0.5) is 0 Å². The Morgan fingerprint density at radius 2 is 2.14 bits per heavy atom. The van der Waals surface area contributed by atoms with Gasteiger partial charge >= 0.3 is 0 Å². The zero-order chi connectivity index (χ0) is 14.8. The van der Waals surface area contributed by atoms with Crippen LogP contribution in [0.5, 0.6) is 5.75 Å². The third-order valence-corrected chi connectivity index (χ3v) is 4.08. The van der Waals surface area contributed by atoms with E-state index in [-0.39, 0.29) is 11.6 Å². The molecule has 5 nitrogen and oxygen atoms in total. The molecule has 0 saturated heterocycles. The maximum atomic E-state index is 8.86. The van der Waals surface area contributed by atoms with Gasteiger partial charge in [0, 0.05) is 4.88 Å². The molecule has 2 aromatic heterocycles. The zero-order valence-electron chi connectivity index (χ0n) is 10.7. The summed E-state index contributed by atoms with van der Waals surface area (Å²) in [5.74, 6) is 0.525. The Kier molecular flexibility index (Phi) is 3.72. The van der Waals surface area contributed by atoms with Gasteiger partial charge in [-0.25, -0.2) is 0 Å². The molecule has 0 fully saturated rings. The smallest absolute Gasteiger partial charge is 0.215 e. The Hall–Kier alpha value is -2.18. The van der Waals surface area contributed by atoms with Gasteiger partial charge in [0.25, 0.3) is 0 Å². The van der Waals surface area contributed by atoms with Crippen LogP contribution < -0.4 is 10.5 Å². The second-order valence-corrected chi connectivity index (χ2v) is 6.04. The van der Waals surface area contributed by atoms with Crippen molar-refractivity contribution in [1.29, 1.82) is 0 Å². The fourth-order valence-electron chi connectivity index (χ4n) is 1.95. The lowest BCUT2D eigenvalue weighted by Crippen LogP contribution is -2.13. The number of nitrogens with two attached hydrogens (primary N) is 1. The lowest BCUT2D eigenvalue weighted by molar-refractivity contribution is 0.303. The number of fused-ring (bicyclic) bond motifs is 1. The molecular formula is C14H11ClN2O3S. The van der Waals surface area contributed by atoms with E-state index in [0.717, 1.165) is 10.3 Å². The van der Waals surface area contributed by atoms with Crippen LogP contribution in [0.3, 0.4) is 0 Å². The van der Waals surface area contributed by atoms with E-state index in [4.69, 9.17) is 31.7 Å². The van der Waals surface area contributed by atoms with Crippen LogP contribution in [-0.2, 0) is 6.61 Å². The molecule has 0 saturated carbocycles. The molecular weight excluding hydrogens is 312 g/mol. The molecule has 0 radical (unpaired) electrons. The van der Waals surface area contributed by atoms with E-state index in [2.05, 4.69) is 5.16 Å². The minimum atomic E-state index is -0.134. The van der Waals surface area contributed by atoms with E-state index in [9.17, 15) is 0 Å². The van der Waals surface area contributed by atoms with Gasteiger partial charge in [0.2, 0.25) is 11.6 Å². The van der Waals surface area contributed by atoms with Crippen LogP contribution >= 0.6 is 22.9 Å². The normalized spacial score (nSPS) is 12.0. The van der Waals surface area contributed by atoms with Gasteiger partial charge in [-0.1, -0.05) is 28.9 Å². The van der Waals surface area contributed by atoms with Gasteiger partial charge in [-0.05, 0) is 24.3 Å². The largest absolute Gasteiger partial charge is 0.483 e. The number of amidine groups is 1. The van der Waals surface area contributed by atoms with Crippen molar-refractivity contribution in [2.45, 2.75) is 6.61 Å². The Morgan fingerprint density at radius 3 is 2.86 bits per heavy atom. The lowest BCUT2D eigenvalue weighted by atomic mass is 10.2. The highest BCUT2D eigenvalue weighted by Crippen LogP contribution is 2.34. The molecule has 21 heavy (non-hydrogen) atoms. The Labute approximate surface area is 129 Å². The summed E-state index contributed by atoms with van der Waals surface area (Å²) in [5.41, 5.74) is 6.25.